The number of para-hydroxylation sites is 2. The topological polar surface area (TPSA) is 50.3 Å². The molecule has 0 aliphatic heterocycles. The lowest BCUT2D eigenvalue weighted by Gasteiger charge is -2.17. The van der Waals surface area contributed by atoms with Crippen molar-refractivity contribution in [3.05, 3.63) is 132 Å². The van der Waals surface area contributed by atoms with Crippen LogP contribution in [0.15, 0.2) is 110 Å². The van der Waals surface area contributed by atoms with Gasteiger partial charge in [0, 0.05) is 36.3 Å². The third-order valence-electron chi connectivity index (χ3n) is 6.97. The quantitative estimate of drug-likeness (QED) is 0.278. The second kappa shape index (κ2) is 9.39. The number of aromatic nitrogens is 2. The standard InChI is InChI=1S/C32H28N2O2/c1-5-25(31(35)29-19-23-11-7-9-13-27(23)33(29)3)21-15-17-22(18-16-21)26(6-2)32(36)30-20-24-12-8-10-14-28(24)34(30)4/h7-20,31-32,35-36H,1-2H2,3-4H3. The van der Waals surface area contributed by atoms with Crippen LogP contribution in [0.2, 0.25) is 0 Å². The average Bonchev–Trinajstić information content (AvgIpc) is 3.43. The highest BCUT2D eigenvalue weighted by Gasteiger charge is 2.22. The SMILES string of the molecule is C=C=C(c1ccc(C(=C=C)C(O)c2cc3ccccc3n2C)cc1)C(O)c1cc2ccccc2n1C. The lowest BCUT2D eigenvalue weighted by molar-refractivity contribution is 0.229. The van der Waals surface area contributed by atoms with Crippen molar-refractivity contribution >= 4 is 33.0 Å². The summed E-state index contributed by atoms with van der Waals surface area (Å²) in [6.45, 7) is 7.68. The van der Waals surface area contributed by atoms with Crippen LogP contribution in [-0.4, -0.2) is 19.3 Å². The van der Waals surface area contributed by atoms with Crippen molar-refractivity contribution in [2.75, 3.05) is 0 Å². The van der Waals surface area contributed by atoms with Crippen molar-refractivity contribution in [2.24, 2.45) is 14.1 Å². The summed E-state index contributed by atoms with van der Waals surface area (Å²) < 4.78 is 3.98. The number of aliphatic hydroxyl groups is 2. The van der Waals surface area contributed by atoms with Gasteiger partial charge in [0.1, 0.15) is 12.2 Å². The third kappa shape index (κ3) is 3.85. The predicted molar refractivity (Wildman–Crippen MR) is 147 cm³/mol. The zero-order chi connectivity index (χ0) is 25.4. The van der Waals surface area contributed by atoms with E-state index < -0.39 is 12.2 Å². The largest absolute Gasteiger partial charge is 0.381 e. The second-order valence-corrected chi connectivity index (χ2v) is 8.94. The zero-order valence-corrected chi connectivity index (χ0v) is 20.4. The molecule has 4 heteroatoms. The maximum absolute atomic E-state index is 11.2. The Morgan fingerprint density at radius 2 is 1.00 bits per heavy atom. The lowest BCUT2D eigenvalue weighted by atomic mass is 9.94. The summed E-state index contributed by atoms with van der Waals surface area (Å²) in [4.78, 5) is 0. The molecule has 2 atom stereocenters. The molecule has 0 radical (unpaired) electrons. The summed E-state index contributed by atoms with van der Waals surface area (Å²) in [7, 11) is 3.89. The minimum absolute atomic E-state index is 0.589. The van der Waals surface area contributed by atoms with Crippen molar-refractivity contribution in [3.63, 3.8) is 0 Å². The number of fused-ring (bicyclic) bond motifs is 2. The predicted octanol–water partition coefficient (Wildman–Crippen LogP) is 6.47. The molecule has 0 aliphatic rings. The molecule has 0 amide bonds. The van der Waals surface area contributed by atoms with Gasteiger partial charge in [0.25, 0.3) is 0 Å². The molecule has 3 aromatic carbocycles. The van der Waals surface area contributed by atoms with Gasteiger partial charge < -0.3 is 19.3 Å². The van der Waals surface area contributed by atoms with Gasteiger partial charge in [0.05, 0.1) is 11.4 Å². The maximum Gasteiger partial charge on any atom is 0.127 e. The van der Waals surface area contributed by atoms with E-state index in [2.05, 4.69) is 24.6 Å². The van der Waals surface area contributed by atoms with E-state index in [1.54, 1.807) is 0 Å². The van der Waals surface area contributed by atoms with Crippen LogP contribution in [0.3, 0.4) is 0 Å². The Morgan fingerprint density at radius 1 is 0.639 bits per heavy atom. The molecule has 2 unspecified atom stereocenters. The van der Waals surface area contributed by atoms with Gasteiger partial charge in [-0.15, -0.1) is 11.5 Å². The van der Waals surface area contributed by atoms with Gasteiger partial charge >= 0.3 is 0 Å². The van der Waals surface area contributed by atoms with Crippen LogP contribution in [0.4, 0.5) is 0 Å². The zero-order valence-electron chi connectivity index (χ0n) is 20.4. The van der Waals surface area contributed by atoms with E-state index in [0.717, 1.165) is 44.3 Å². The van der Waals surface area contributed by atoms with Crippen molar-refractivity contribution < 1.29 is 10.2 Å². The average molecular weight is 473 g/mol. The highest BCUT2D eigenvalue weighted by atomic mass is 16.3. The van der Waals surface area contributed by atoms with E-state index in [1.807, 2.05) is 108 Å². The van der Waals surface area contributed by atoms with E-state index in [4.69, 9.17) is 0 Å². The lowest BCUT2D eigenvalue weighted by Crippen LogP contribution is -2.07. The fourth-order valence-corrected chi connectivity index (χ4v) is 4.98. The van der Waals surface area contributed by atoms with E-state index in [9.17, 15) is 10.2 Å². The smallest absolute Gasteiger partial charge is 0.127 e. The van der Waals surface area contributed by atoms with Gasteiger partial charge in [-0.25, -0.2) is 0 Å². The molecule has 5 aromatic rings. The van der Waals surface area contributed by atoms with E-state index in [1.165, 1.54) is 0 Å². The van der Waals surface area contributed by atoms with Crippen molar-refractivity contribution in [1.82, 2.24) is 9.13 Å². The van der Waals surface area contributed by atoms with E-state index >= 15 is 0 Å². The van der Waals surface area contributed by atoms with E-state index in [0.29, 0.717) is 11.1 Å². The van der Waals surface area contributed by atoms with Gasteiger partial charge in [-0.3, -0.25) is 0 Å². The van der Waals surface area contributed by atoms with Gasteiger partial charge in [-0.2, -0.15) is 0 Å². The molecule has 178 valence electrons. The van der Waals surface area contributed by atoms with Gasteiger partial charge in [-0.05, 0) is 46.2 Å². The number of hydrogen-bond acceptors (Lipinski definition) is 2. The van der Waals surface area contributed by atoms with Crippen molar-refractivity contribution in [3.8, 4) is 0 Å². The maximum atomic E-state index is 11.2. The molecule has 36 heavy (non-hydrogen) atoms. The van der Waals surface area contributed by atoms with Gasteiger partial charge in [-0.1, -0.05) is 73.8 Å². The molecule has 2 N–H and O–H groups in total. The number of hydrogen-bond donors (Lipinski definition) is 2. The molecule has 5 rings (SSSR count). The van der Waals surface area contributed by atoms with Crippen LogP contribution in [0, 0.1) is 0 Å². The second-order valence-electron chi connectivity index (χ2n) is 8.94. The fraction of sp³-hybridized carbons (Fsp3) is 0.125. The first-order valence-electron chi connectivity index (χ1n) is 11.8. The Morgan fingerprint density at radius 3 is 1.33 bits per heavy atom. The summed E-state index contributed by atoms with van der Waals surface area (Å²) >= 11 is 0. The molecular weight excluding hydrogens is 444 g/mol. The molecule has 0 saturated heterocycles. The Hall–Kier alpha value is -4.30. The van der Waals surface area contributed by atoms with Crippen LogP contribution in [0.5, 0.6) is 0 Å². The van der Waals surface area contributed by atoms with Crippen LogP contribution in [0.25, 0.3) is 33.0 Å². The summed E-state index contributed by atoms with van der Waals surface area (Å²) in [5.74, 6) is 0. The fourth-order valence-electron chi connectivity index (χ4n) is 4.98. The first-order valence-corrected chi connectivity index (χ1v) is 11.8. The normalized spacial score (nSPS) is 12.8. The summed E-state index contributed by atoms with van der Waals surface area (Å²) in [5.41, 5.74) is 12.3. The Labute approximate surface area is 210 Å². The number of rotatable bonds is 6. The highest BCUT2D eigenvalue weighted by Crippen LogP contribution is 2.35. The molecule has 2 aromatic heterocycles. The molecule has 0 aliphatic carbocycles. The molecule has 0 bridgehead atoms. The Bertz CT molecular complexity index is 1560. The minimum atomic E-state index is -0.887. The number of nitrogens with zero attached hydrogens (tertiary/aromatic N) is 2. The number of aliphatic hydroxyl groups excluding tert-OH is 2. The minimum Gasteiger partial charge on any atom is -0.381 e. The summed E-state index contributed by atoms with van der Waals surface area (Å²) in [6.07, 6.45) is -1.77. The highest BCUT2D eigenvalue weighted by molar-refractivity contribution is 5.84. The number of aryl methyl sites for hydroxylation is 2. The first-order chi connectivity index (χ1) is 17.4. The Kier molecular flexibility index (Phi) is 6.12. The monoisotopic (exact) mass is 472 g/mol. The molecule has 4 nitrogen and oxygen atoms in total. The molecule has 0 fully saturated rings. The van der Waals surface area contributed by atoms with Gasteiger partial charge in [0.15, 0.2) is 0 Å². The molecule has 0 spiro atoms. The van der Waals surface area contributed by atoms with Crippen molar-refractivity contribution in [2.45, 2.75) is 12.2 Å². The van der Waals surface area contributed by atoms with Crippen LogP contribution in [0.1, 0.15) is 34.7 Å². The van der Waals surface area contributed by atoms with Crippen LogP contribution >= 0.6 is 0 Å². The summed E-state index contributed by atoms with van der Waals surface area (Å²) in [6, 6.07) is 27.7. The van der Waals surface area contributed by atoms with Crippen LogP contribution in [-0.2, 0) is 14.1 Å². The molecule has 0 saturated carbocycles. The Balaban J connectivity index is 1.45. The molecule has 2 heterocycles. The van der Waals surface area contributed by atoms with Gasteiger partial charge in [0.2, 0.25) is 0 Å². The van der Waals surface area contributed by atoms with Crippen LogP contribution < -0.4 is 0 Å². The van der Waals surface area contributed by atoms with Crippen molar-refractivity contribution in [1.29, 1.82) is 0 Å². The third-order valence-corrected chi connectivity index (χ3v) is 6.97. The first kappa shape index (κ1) is 23.4. The number of benzene rings is 3. The van der Waals surface area contributed by atoms with E-state index in [-0.39, 0.29) is 0 Å². The molecular formula is C32H28N2O2. The summed E-state index contributed by atoms with van der Waals surface area (Å²) in [5, 5.41) is 24.6.